The molecular formula is C17H18N4O2S. The van der Waals surface area contributed by atoms with E-state index in [2.05, 4.69) is 14.8 Å². The van der Waals surface area contributed by atoms with E-state index in [0.29, 0.717) is 17.8 Å². The van der Waals surface area contributed by atoms with E-state index in [1.807, 2.05) is 31.2 Å². The molecule has 0 aliphatic carbocycles. The Morgan fingerprint density at radius 1 is 1.12 bits per heavy atom. The number of rotatable bonds is 5. The van der Waals surface area contributed by atoms with Crippen LogP contribution in [-0.2, 0) is 16.6 Å². The lowest BCUT2D eigenvalue weighted by molar-refractivity contribution is 0.600. The zero-order valence-corrected chi connectivity index (χ0v) is 14.3. The average molecular weight is 342 g/mol. The number of nitrogens with one attached hydrogen (secondary N) is 1. The largest absolute Gasteiger partial charge is 0.279 e. The number of aromatic nitrogens is 3. The van der Waals surface area contributed by atoms with Gasteiger partial charge in [0.25, 0.3) is 10.0 Å². The lowest BCUT2D eigenvalue weighted by atomic mass is 10.2. The maximum absolute atomic E-state index is 12.8. The summed E-state index contributed by atoms with van der Waals surface area (Å²) in [5, 5.41) is 4.06. The highest BCUT2D eigenvalue weighted by Crippen LogP contribution is 2.23. The number of aryl methyl sites for hydroxylation is 2. The normalized spacial score (nSPS) is 11.4. The molecule has 0 atom stereocenters. The maximum Gasteiger partial charge on any atom is 0.262 e. The number of hydrogen-bond acceptors (Lipinski definition) is 4. The van der Waals surface area contributed by atoms with Crippen LogP contribution in [0.2, 0.25) is 0 Å². The van der Waals surface area contributed by atoms with Gasteiger partial charge in [0.05, 0.1) is 17.1 Å². The molecule has 0 radical (unpaired) electrons. The van der Waals surface area contributed by atoms with Crippen LogP contribution in [0.15, 0.2) is 60.0 Å². The third kappa shape index (κ3) is 3.46. The van der Waals surface area contributed by atoms with Crippen molar-refractivity contribution in [3.05, 3.63) is 71.8 Å². The minimum atomic E-state index is -3.66. The zero-order valence-electron chi connectivity index (χ0n) is 13.5. The smallest absolute Gasteiger partial charge is 0.262 e. The molecule has 124 valence electrons. The highest BCUT2D eigenvalue weighted by molar-refractivity contribution is 7.92. The third-order valence-corrected chi connectivity index (χ3v) is 5.20. The topological polar surface area (TPSA) is 76.9 Å². The van der Waals surface area contributed by atoms with E-state index in [1.54, 1.807) is 36.1 Å². The summed E-state index contributed by atoms with van der Waals surface area (Å²) < 4.78 is 29.9. The first kappa shape index (κ1) is 16.2. The highest BCUT2D eigenvalue weighted by Gasteiger charge is 2.18. The molecule has 0 amide bonds. The van der Waals surface area contributed by atoms with Gasteiger partial charge in [-0.05, 0) is 42.7 Å². The number of sulfonamides is 1. The molecule has 3 rings (SSSR count). The quantitative estimate of drug-likeness (QED) is 0.773. The first-order chi connectivity index (χ1) is 11.5. The molecule has 0 unspecified atom stereocenters. The summed E-state index contributed by atoms with van der Waals surface area (Å²) in [6.45, 7) is 4.10. The molecule has 0 aliphatic heterocycles. The summed E-state index contributed by atoms with van der Waals surface area (Å²) in [6, 6.07) is 12.7. The minimum Gasteiger partial charge on any atom is -0.279 e. The summed E-state index contributed by atoms with van der Waals surface area (Å²) in [7, 11) is -3.66. The fourth-order valence-electron chi connectivity index (χ4n) is 2.44. The molecule has 24 heavy (non-hydrogen) atoms. The van der Waals surface area contributed by atoms with Crippen LogP contribution in [0.1, 0.15) is 16.7 Å². The molecule has 0 saturated carbocycles. The number of hydrogen-bond donors (Lipinski definition) is 1. The van der Waals surface area contributed by atoms with Gasteiger partial charge in [-0.15, -0.1) is 0 Å². The summed E-state index contributed by atoms with van der Waals surface area (Å²) in [5.74, 6) is 0. The Morgan fingerprint density at radius 2 is 1.92 bits per heavy atom. The van der Waals surface area contributed by atoms with Crippen LogP contribution in [0.5, 0.6) is 0 Å². The van der Waals surface area contributed by atoms with Crippen molar-refractivity contribution in [2.24, 2.45) is 0 Å². The molecular weight excluding hydrogens is 324 g/mol. The van der Waals surface area contributed by atoms with Crippen LogP contribution in [0, 0.1) is 13.8 Å². The van der Waals surface area contributed by atoms with E-state index in [1.165, 1.54) is 6.33 Å². The Labute approximate surface area is 141 Å². The molecule has 7 heteroatoms. The molecule has 6 nitrogen and oxygen atoms in total. The monoisotopic (exact) mass is 342 g/mol. The molecule has 1 aromatic heterocycles. The van der Waals surface area contributed by atoms with E-state index in [0.717, 1.165) is 11.1 Å². The van der Waals surface area contributed by atoms with Gasteiger partial charge in [0.15, 0.2) is 0 Å². The molecule has 2 aromatic carbocycles. The second-order valence-electron chi connectivity index (χ2n) is 5.62. The molecule has 0 saturated heterocycles. The van der Waals surface area contributed by atoms with Gasteiger partial charge in [-0.3, -0.25) is 4.72 Å². The Morgan fingerprint density at radius 3 is 2.67 bits per heavy atom. The van der Waals surface area contributed by atoms with Gasteiger partial charge in [-0.25, -0.2) is 18.1 Å². The Hall–Kier alpha value is -2.67. The van der Waals surface area contributed by atoms with Crippen molar-refractivity contribution >= 4 is 15.7 Å². The van der Waals surface area contributed by atoms with Crippen molar-refractivity contribution in [3.63, 3.8) is 0 Å². The number of anilines is 1. The van der Waals surface area contributed by atoms with Gasteiger partial charge < -0.3 is 0 Å². The summed E-state index contributed by atoms with van der Waals surface area (Å²) >= 11 is 0. The molecule has 0 bridgehead atoms. The fourth-order valence-corrected chi connectivity index (χ4v) is 3.87. The van der Waals surface area contributed by atoms with Crippen molar-refractivity contribution < 1.29 is 8.42 Å². The van der Waals surface area contributed by atoms with Crippen molar-refractivity contribution in [3.8, 4) is 0 Å². The van der Waals surface area contributed by atoms with E-state index in [4.69, 9.17) is 0 Å². The maximum atomic E-state index is 12.8. The van der Waals surface area contributed by atoms with Gasteiger partial charge in [-0.2, -0.15) is 5.10 Å². The number of benzene rings is 2. The molecule has 0 aliphatic rings. The summed E-state index contributed by atoms with van der Waals surface area (Å²) in [5.41, 5.74) is 2.96. The Kier molecular flexibility index (Phi) is 4.35. The van der Waals surface area contributed by atoms with E-state index in [-0.39, 0.29) is 4.90 Å². The lowest BCUT2D eigenvalue weighted by Crippen LogP contribution is -2.16. The Bertz CT molecular complexity index is 950. The van der Waals surface area contributed by atoms with E-state index < -0.39 is 10.0 Å². The van der Waals surface area contributed by atoms with Crippen LogP contribution in [0.4, 0.5) is 5.69 Å². The van der Waals surface area contributed by atoms with Crippen LogP contribution in [-0.4, -0.2) is 23.2 Å². The fraction of sp³-hybridized carbons (Fsp3) is 0.176. The molecule has 0 spiro atoms. The van der Waals surface area contributed by atoms with Crippen molar-refractivity contribution in [1.29, 1.82) is 0 Å². The first-order valence-electron chi connectivity index (χ1n) is 7.46. The predicted octanol–water partition coefficient (Wildman–Crippen LogP) is 2.74. The van der Waals surface area contributed by atoms with Gasteiger partial charge in [0.1, 0.15) is 12.7 Å². The van der Waals surface area contributed by atoms with Crippen LogP contribution in [0.3, 0.4) is 0 Å². The van der Waals surface area contributed by atoms with E-state index in [9.17, 15) is 8.42 Å². The lowest BCUT2D eigenvalue weighted by Gasteiger charge is -2.14. The number of nitrogens with zero attached hydrogens (tertiary/aromatic N) is 3. The van der Waals surface area contributed by atoms with Crippen LogP contribution < -0.4 is 4.72 Å². The van der Waals surface area contributed by atoms with Gasteiger partial charge in [0, 0.05) is 0 Å². The standard InChI is InChI=1S/C17H18N4O2S/c1-13-7-8-14(2)17(9-13)24(22,23)20-16-6-4-3-5-15(16)10-21-12-18-11-19-21/h3-9,11-12,20H,10H2,1-2H3. The summed E-state index contributed by atoms with van der Waals surface area (Å²) in [6.07, 6.45) is 3.04. The molecule has 1 heterocycles. The van der Waals surface area contributed by atoms with Gasteiger partial charge in [0.2, 0.25) is 0 Å². The van der Waals surface area contributed by atoms with Gasteiger partial charge in [-0.1, -0.05) is 30.3 Å². The van der Waals surface area contributed by atoms with Crippen molar-refractivity contribution in [2.45, 2.75) is 25.3 Å². The first-order valence-corrected chi connectivity index (χ1v) is 8.94. The second-order valence-corrected chi connectivity index (χ2v) is 7.28. The average Bonchev–Trinajstić information content (AvgIpc) is 3.04. The van der Waals surface area contributed by atoms with Crippen LogP contribution in [0.25, 0.3) is 0 Å². The van der Waals surface area contributed by atoms with E-state index >= 15 is 0 Å². The minimum absolute atomic E-state index is 0.290. The second kappa shape index (κ2) is 6.45. The van der Waals surface area contributed by atoms with Crippen LogP contribution >= 0.6 is 0 Å². The highest BCUT2D eigenvalue weighted by atomic mass is 32.2. The van der Waals surface area contributed by atoms with Gasteiger partial charge >= 0.3 is 0 Å². The molecule has 0 fully saturated rings. The Balaban J connectivity index is 1.94. The molecule has 1 N–H and O–H groups in total. The molecule has 3 aromatic rings. The zero-order chi connectivity index (χ0) is 17.2. The SMILES string of the molecule is Cc1ccc(C)c(S(=O)(=O)Nc2ccccc2Cn2cncn2)c1. The van der Waals surface area contributed by atoms with Crippen molar-refractivity contribution in [2.75, 3.05) is 4.72 Å². The number of para-hydroxylation sites is 1. The van der Waals surface area contributed by atoms with Crippen molar-refractivity contribution in [1.82, 2.24) is 14.8 Å². The summed E-state index contributed by atoms with van der Waals surface area (Å²) in [4.78, 5) is 4.19. The third-order valence-electron chi connectivity index (χ3n) is 3.69. The predicted molar refractivity (Wildman–Crippen MR) is 92.3 cm³/mol.